The van der Waals surface area contributed by atoms with Crippen molar-refractivity contribution in [2.45, 2.75) is 12.5 Å². The van der Waals surface area contributed by atoms with Gasteiger partial charge >= 0.3 is 0 Å². The molecule has 158 valence electrons. The summed E-state index contributed by atoms with van der Waals surface area (Å²) in [6.07, 6.45) is 4.06. The summed E-state index contributed by atoms with van der Waals surface area (Å²) in [5.74, 6) is -0.115. The molecule has 2 aromatic carbocycles. The van der Waals surface area contributed by atoms with Gasteiger partial charge in [-0.05, 0) is 17.7 Å². The number of aromatic nitrogens is 1. The minimum Gasteiger partial charge on any atom is -0.368 e. The van der Waals surface area contributed by atoms with E-state index in [1.54, 1.807) is 12.1 Å². The van der Waals surface area contributed by atoms with E-state index in [-0.39, 0.29) is 24.3 Å². The van der Waals surface area contributed by atoms with E-state index in [9.17, 15) is 9.59 Å². The number of H-pyrrole nitrogens is 1. The van der Waals surface area contributed by atoms with E-state index in [1.807, 2.05) is 78.0 Å². The molecular weight excluding hydrogens is 388 g/mol. The smallest absolute Gasteiger partial charge is 0.251 e. The third-order valence-electron chi connectivity index (χ3n) is 5.62. The first kappa shape index (κ1) is 20.6. The summed E-state index contributed by atoms with van der Waals surface area (Å²) < 4.78 is 0. The van der Waals surface area contributed by atoms with Gasteiger partial charge in [0.2, 0.25) is 5.91 Å². The molecule has 2 N–H and O–H groups in total. The molecule has 1 aliphatic heterocycles. The summed E-state index contributed by atoms with van der Waals surface area (Å²) >= 11 is 0. The number of piperazine rings is 1. The predicted octanol–water partition coefficient (Wildman–Crippen LogP) is 2.71. The molecule has 0 aliphatic carbocycles. The lowest BCUT2D eigenvalue weighted by atomic mass is 10.0. The third kappa shape index (κ3) is 5.28. The lowest BCUT2D eigenvalue weighted by Gasteiger charge is -2.36. The second-order valence-electron chi connectivity index (χ2n) is 7.63. The monoisotopic (exact) mass is 415 g/mol. The largest absolute Gasteiger partial charge is 0.368 e. The predicted molar refractivity (Wildman–Crippen MR) is 119 cm³/mol. The first-order chi connectivity index (χ1) is 15.2. The lowest BCUT2D eigenvalue weighted by Crippen LogP contribution is -2.49. The zero-order chi connectivity index (χ0) is 21.5. The fourth-order valence-corrected chi connectivity index (χ4v) is 3.88. The van der Waals surface area contributed by atoms with Gasteiger partial charge < -0.3 is 15.1 Å². The van der Waals surface area contributed by atoms with Crippen molar-refractivity contribution in [3.8, 4) is 0 Å². The molecule has 0 saturated carbocycles. The highest BCUT2D eigenvalue weighted by Gasteiger charge is 2.25. The number of anilines is 1. The van der Waals surface area contributed by atoms with Crippen LogP contribution in [0.5, 0.6) is 0 Å². The van der Waals surface area contributed by atoms with Crippen LogP contribution in [0.15, 0.2) is 85.2 Å². The molecule has 0 spiro atoms. The Morgan fingerprint density at radius 2 is 1.45 bits per heavy atom. The minimum atomic E-state index is -0.371. The highest BCUT2D eigenvalue weighted by atomic mass is 16.2. The average Bonchev–Trinajstić information content (AvgIpc) is 2.85. The highest BCUT2D eigenvalue weighted by Crippen LogP contribution is 2.20. The maximum atomic E-state index is 13.1. The Morgan fingerprint density at radius 1 is 0.839 bits per heavy atom. The molecule has 0 bridgehead atoms. The van der Waals surface area contributed by atoms with E-state index >= 15 is 0 Å². The van der Waals surface area contributed by atoms with Crippen LogP contribution in [0.3, 0.4) is 0 Å². The van der Waals surface area contributed by atoms with Crippen molar-refractivity contribution < 1.29 is 14.6 Å². The van der Waals surface area contributed by atoms with Gasteiger partial charge in [0.15, 0.2) is 12.4 Å². The SMILES string of the molecule is O=C(N[C@H](CC(=O)N1CCN(c2cc[nH+]cc2)CC1)c1ccccc1)c1ccccc1. The summed E-state index contributed by atoms with van der Waals surface area (Å²) in [5, 5.41) is 3.05. The Kier molecular flexibility index (Phi) is 6.57. The van der Waals surface area contributed by atoms with E-state index in [4.69, 9.17) is 0 Å². The van der Waals surface area contributed by atoms with Gasteiger partial charge in [0.1, 0.15) is 0 Å². The normalized spacial score (nSPS) is 14.7. The molecule has 6 heteroatoms. The van der Waals surface area contributed by atoms with E-state index in [1.165, 1.54) is 0 Å². The van der Waals surface area contributed by atoms with Gasteiger partial charge in [0.25, 0.3) is 5.91 Å². The Hall–Kier alpha value is -3.67. The zero-order valence-electron chi connectivity index (χ0n) is 17.4. The number of carbonyl (C=O) groups excluding carboxylic acids is 2. The zero-order valence-corrected chi connectivity index (χ0v) is 17.4. The topological polar surface area (TPSA) is 66.8 Å². The van der Waals surface area contributed by atoms with Gasteiger partial charge in [0, 0.05) is 49.6 Å². The third-order valence-corrected chi connectivity index (χ3v) is 5.62. The van der Waals surface area contributed by atoms with Crippen LogP contribution >= 0.6 is 0 Å². The molecule has 1 fully saturated rings. The van der Waals surface area contributed by atoms with Crippen LogP contribution in [0, 0.1) is 0 Å². The number of benzene rings is 2. The number of nitrogens with one attached hydrogen (secondary N) is 2. The van der Waals surface area contributed by atoms with Gasteiger partial charge in [-0.3, -0.25) is 9.59 Å². The summed E-state index contributed by atoms with van der Waals surface area (Å²) in [6, 6.07) is 22.5. The molecule has 6 nitrogen and oxygen atoms in total. The molecule has 31 heavy (non-hydrogen) atoms. The maximum Gasteiger partial charge on any atom is 0.251 e. The van der Waals surface area contributed by atoms with Crippen molar-refractivity contribution >= 4 is 17.5 Å². The molecule has 4 rings (SSSR count). The molecule has 2 heterocycles. The van der Waals surface area contributed by atoms with E-state index in [0.29, 0.717) is 18.7 Å². The van der Waals surface area contributed by atoms with Gasteiger partial charge in [0.05, 0.1) is 12.5 Å². The molecule has 1 aliphatic rings. The Balaban J connectivity index is 1.41. The van der Waals surface area contributed by atoms with Crippen LogP contribution in [0.25, 0.3) is 0 Å². The number of aromatic amines is 1. The van der Waals surface area contributed by atoms with Crippen molar-refractivity contribution in [3.63, 3.8) is 0 Å². The van der Waals surface area contributed by atoms with Crippen molar-refractivity contribution in [2.75, 3.05) is 31.1 Å². The van der Waals surface area contributed by atoms with Crippen LogP contribution in [0.4, 0.5) is 5.69 Å². The highest BCUT2D eigenvalue weighted by molar-refractivity contribution is 5.94. The summed E-state index contributed by atoms with van der Waals surface area (Å²) in [7, 11) is 0. The Bertz CT molecular complexity index is 988. The van der Waals surface area contributed by atoms with E-state index in [0.717, 1.165) is 24.3 Å². The first-order valence-electron chi connectivity index (χ1n) is 10.6. The number of rotatable bonds is 6. The summed E-state index contributed by atoms with van der Waals surface area (Å²) in [6.45, 7) is 2.93. The lowest BCUT2D eigenvalue weighted by molar-refractivity contribution is -0.377. The molecular formula is C25H27N4O2+. The van der Waals surface area contributed by atoms with Gasteiger partial charge in [-0.25, -0.2) is 4.98 Å². The van der Waals surface area contributed by atoms with Crippen molar-refractivity contribution in [1.29, 1.82) is 0 Å². The first-order valence-corrected chi connectivity index (χ1v) is 10.6. The minimum absolute atomic E-state index is 0.0586. The van der Waals surface area contributed by atoms with E-state index < -0.39 is 0 Å². The molecule has 1 atom stereocenters. The quantitative estimate of drug-likeness (QED) is 0.673. The van der Waals surface area contributed by atoms with Crippen molar-refractivity contribution in [1.82, 2.24) is 10.2 Å². The number of hydrogen-bond acceptors (Lipinski definition) is 3. The second kappa shape index (κ2) is 9.89. The van der Waals surface area contributed by atoms with Crippen molar-refractivity contribution in [2.24, 2.45) is 0 Å². The van der Waals surface area contributed by atoms with Crippen LogP contribution in [0.1, 0.15) is 28.4 Å². The van der Waals surface area contributed by atoms with Gasteiger partial charge in [-0.1, -0.05) is 48.5 Å². The molecule has 3 aromatic rings. The number of carbonyl (C=O) groups is 2. The van der Waals surface area contributed by atoms with Crippen LogP contribution in [-0.2, 0) is 4.79 Å². The summed E-state index contributed by atoms with van der Waals surface area (Å²) in [5.41, 5.74) is 2.67. The Labute approximate surface area is 182 Å². The van der Waals surface area contributed by atoms with Crippen molar-refractivity contribution in [3.05, 3.63) is 96.3 Å². The maximum absolute atomic E-state index is 13.1. The fraction of sp³-hybridized carbons (Fsp3) is 0.240. The second-order valence-corrected chi connectivity index (χ2v) is 7.63. The van der Waals surface area contributed by atoms with Gasteiger partial charge in [-0.2, -0.15) is 0 Å². The van der Waals surface area contributed by atoms with Crippen LogP contribution in [-0.4, -0.2) is 42.9 Å². The molecule has 1 saturated heterocycles. The van der Waals surface area contributed by atoms with Crippen LogP contribution < -0.4 is 15.2 Å². The number of hydrogen-bond donors (Lipinski definition) is 1. The standard InChI is InChI=1S/C25H26N4O2/c30-24(29-17-15-28(16-18-29)22-11-13-26-14-12-22)19-23(20-7-3-1-4-8-20)27-25(31)21-9-5-2-6-10-21/h1-14,23H,15-19H2,(H,27,31)/p+1/t23-/m1/s1. The number of nitrogens with zero attached hydrogens (tertiary/aromatic N) is 2. The summed E-state index contributed by atoms with van der Waals surface area (Å²) in [4.78, 5) is 33.1. The van der Waals surface area contributed by atoms with E-state index in [2.05, 4.69) is 15.2 Å². The number of pyridine rings is 1. The molecule has 0 unspecified atom stereocenters. The van der Waals surface area contributed by atoms with Crippen LogP contribution in [0.2, 0.25) is 0 Å². The molecule has 2 amide bonds. The average molecular weight is 416 g/mol. The molecule has 0 radical (unpaired) electrons. The number of amides is 2. The Morgan fingerprint density at radius 3 is 2.10 bits per heavy atom. The fourth-order valence-electron chi connectivity index (χ4n) is 3.88. The molecule has 1 aromatic heterocycles. The van der Waals surface area contributed by atoms with Gasteiger partial charge in [-0.15, -0.1) is 0 Å².